The number of carbonyl (C=O) groups is 3. The Labute approximate surface area is 136 Å². The zero-order valence-electron chi connectivity index (χ0n) is 12.2. The molecule has 2 N–H and O–H groups in total. The number of nitrogens with one attached hydrogen (secondary N) is 1. The second kappa shape index (κ2) is 7.64. The predicted octanol–water partition coefficient (Wildman–Crippen LogP) is 1.76. The smallest absolute Gasteiger partial charge is 0.345 e. The summed E-state index contributed by atoms with van der Waals surface area (Å²) in [6.45, 7) is 2.22. The minimum atomic E-state index is -0.967. The maximum Gasteiger partial charge on any atom is 0.345 e. The molecule has 8 heteroatoms. The largest absolute Gasteiger partial charge is 0.477 e. The van der Waals surface area contributed by atoms with E-state index in [4.69, 9.17) is 5.11 Å². The van der Waals surface area contributed by atoms with Crippen LogP contribution >= 0.6 is 23.1 Å². The number of hydrogen-bond acceptors (Lipinski definition) is 5. The van der Waals surface area contributed by atoms with E-state index >= 15 is 0 Å². The van der Waals surface area contributed by atoms with Crippen LogP contribution in [0.3, 0.4) is 0 Å². The van der Waals surface area contributed by atoms with Gasteiger partial charge in [0.1, 0.15) is 10.9 Å². The highest BCUT2D eigenvalue weighted by molar-refractivity contribution is 7.99. The summed E-state index contributed by atoms with van der Waals surface area (Å²) in [5, 5.41) is 11.7. The van der Waals surface area contributed by atoms with Crippen LogP contribution in [0.15, 0.2) is 12.1 Å². The lowest BCUT2D eigenvalue weighted by Crippen LogP contribution is -2.46. The molecule has 2 amide bonds. The number of rotatable bonds is 6. The van der Waals surface area contributed by atoms with E-state index in [2.05, 4.69) is 5.32 Å². The molecule has 0 aromatic carbocycles. The van der Waals surface area contributed by atoms with Gasteiger partial charge in [0.05, 0.1) is 12.4 Å². The Bertz CT molecular complexity index is 573. The van der Waals surface area contributed by atoms with Crippen LogP contribution in [0.5, 0.6) is 0 Å². The first-order chi connectivity index (χ1) is 10.5. The lowest BCUT2D eigenvalue weighted by molar-refractivity contribution is -0.138. The van der Waals surface area contributed by atoms with Crippen LogP contribution in [0.1, 0.15) is 34.3 Å². The number of amides is 2. The van der Waals surface area contributed by atoms with Crippen LogP contribution in [0.25, 0.3) is 0 Å². The molecule has 1 aliphatic rings. The highest BCUT2D eigenvalue weighted by atomic mass is 32.2. The third-order valence-corrected chi connectivity index (χ3v) is 5.36. The third-order valence-electron chi connectivity index (χ3n) is 3.28. The second-order valence-electron chi connectivity index (χ2n) is 4.92. The summed E-state index contributed by atoms with van der Waals surface area (Å²) in [7, 11) is 0. The Kier molecular flexibility index (Phi) is 5.84. The summed E-state index contributed by atoms with van der Waals surface area (Å²) < 4.78 is 0. The third kappa shape index (κ3) is 4.01. The molecule has 0 aliphatic carbocycles. The van der Waals surface area contributed by atoms with Gasteiger partial charge in [-0.1, -0.05) is 6.92 Å². The van der Waals surface area contributed by atoms with Crippen LogP contribution < -0.4 is 5.32 Å². The van der Waals surface area contributed by atoms with Gasteiger partial charge in [0.15, 0.2) is 0 Å². The average Bonchev–Trinajstić information content (AvgIpc) is 3.14. The van der Waals surface area contributed by atoms with Crippen molar-refractivity contribution in [3.05, 3.63) is 21.9 Å². The highest BCUT2D eigenvalue weighted by Crippen LogP contribution is 2.22. The zero-order valence-corrected chi connectivity index (χ0v) is 13.8. The van der Waals surface area contributed by atoms with Crippen LogP contribution in [0.2, 0.25) is 0 Å². The van der Waals surface area contributed by atoms with Crippen LogP contribution in [-0.2, 0) is 16.1 Å². The first kappa shape index (κ1) is 16.8. The number of aromatic carboxylic acids is 1. The molecule has 1 aromatic heterocycles. The summed E-state index contributed by atoms with van der Waals surface area (Å²) >= 11 is 2.71. The van der Waals surface area contributed by atoms with Crippen molar-refractivity contribution >= 4 is 40.9 Å². The molecule has 1 saturated heterocycles. The summed E-state index contributed by atoms with van der Waals surface area (Å²) in [4.78, 5) is 37.7. The topological polar surface area (TPSA) is 86.7 Å². The van der Waals surface area contributed by atoms with Crippen molar-refractivity contribution in [2.24, 2.45) is 0 Å². The van der Waals surface area contributed by atoms with Gasteiger partial charge < -0.3 is 15.3 Å². The van der Waals surface area contributed by atoms with E-state index in [1.165, 1.54) is 6.07 Å². The SMILES string of the molecule is CCCC(=O)N1CSCC1C(=O)NCc1ccc(C(=O)O)s1. The number of hydrogen-bond donors (Lipinski definition) is 2. The fraction of sp³-hybridized carbons (Fsp3) is 0.500. The van der Waals surface area contributed by atoms with Gasteiger partial charge in [0.2, 0.25) is 11.8 Å². The number of carboxylic acid groups (broad SMARTS) is 1. The Morgan fingerprint density at radius 2 is 2.18 bits per heavy atom. The van der Waals surface area contributed by atoms with Gasteiger partial charge in [-0.2, -0.15) is 0 Å². The van der Waals surface area contributed by atoms with Crippen molar-refractivity contribution in [2.45, 2.75) is 32.4 Å². The molecular weight excluding hydrogens is 324 g/mol. The number of nitrogens with zero attached hydrogens (tertiary/aromatic N) is 1. The predicted molar refractivity (Wildman–Crippen MR) is 86.0 cm³/mol. The van der Waals surface area contributed by atoms with E-state index in [0.29, 0.717) is 18.1 Å². The van der Waals surface area contributed by atoms with E-state index in [0.717, 1.165) is 22.6 Å². The van der Waals surface area contributed by atoms with Gasteiger partial charge in [-0.3, -0.25) is 9.59 Å². The Balaban J connectivity index is 1.90. The first-order valence-corrected chi connectivity index (χ1v) is 8.97. The molecular formula is C14H18N2O4S2. The van der Waals surface area contributed by atoms with Crippen molar-refractivity contribution in [1.29, 1.82) is 0 Å². The molecule has 22 heavy (non-hydrogen) atoms. The van der Waals surface area contributed by atoms with E-state index in [9.17, 15) is 14.4 Å². The molecule has 0 spiro atoms. The number of thiophene rings is 1. The maximum absolute atomic E-state index is 12.2. The molecule has 0 saturated carbocycles. The highest BCUT2D eigenvalue weighted by Gasteiger charge is 2.33. The molecule has 2 heterocycles. The minimum absolute atomic E-state index is 0.0111. The molecule has 2 rings (SSSR count). The molecule has 6 nitrogen and oxygen atoms in total. The van der Waals surface area contributed by atoms with Gasteiger partial charge in [0, 0.05) is 17.1 Å². The Hall–Kier alpha value is -1.54. The standard InChI is InChI=1S/C14H18N2O4S2/c1-2-3-12(17)16-8-21-7-10(16)13(18)15-6-9-4-5-11(22-9)14(19)20/h4-5,10H,2-3,6-8H2,1H3,(H,15,18)(H,19,20). The van der Waals surface area contributed by atoms with Crippen LogP contribution in [0, 0.1) is 0 Å². The molecule has 1 unspecified atom stereocenters. The second-order valence-corrected chi connectivity index (χ2v) is 7.09. The van der Waals surface area contributed by atoms with Crippen LogP contribution in [-0.4, -0.2) is 45.5 Å². The average molecular weight is 342 g/mol. The van der Waals surface area contributed by atoms with Gasteiger partial charge in [-0.05, 0) is 18.6 Å². The summed E-state index contributed by atoms with van der Waals surface area (Å²) in [6, 6.07) is 2.79. The first-order valence-electron chi connectivity index (χ1n) is 6.99. The minimum Gasteiger partial charge on any atom is -0.477 e. The fourth-order valence-electron chi connectivity index (χ4n) is 2.14. The Morgan fingerprint density at radius 1 is 1.41 bits per heavy atom. The van der Waals surface area contributed by atoms with Gasteiger partial charge in [0.25, 0.3) is 0 Å². The summed E-state index contributed by atoms with van der Waals surface area (Å²) in [5.74, 6) is 0.0216. The molecule has 1 atom stereocenters. The molecule has 1 aromatic rings. The van der Waals surface area contributed by atoms with E-state index < -0.39 is 12.0 Å². The normalized spacial score (nSPS) is 17.5. The Morgan fingerprint density at radius 3 is 2.82 bits per heavy atom. The van der Waals surface area contributed by atoms with Crippen molar-refractivity contribution in [3.63, 3.8) is 0 Å². The number of carbonyl (C=O) groups excluding carboxylic acids is 2. The molecule has 1 fully saturated rings. The van der Waals surface area contributed by atoms with Crippen molar-refractivity contribution in [1.82, 2.24) is 10.2 Å². The van der Waals surface area contributed by atoms with Crippen molar-refractivity contribution < 1.29 is 19.5 Å². The summed E-state index contributed by atoms with van der Waals surface area (Å²) in [5.41, 5.74) is 0. The maximum atomic E-state index is 12.2. The number of thioether (sulfide) groups is 1. The van der Waals surface area contributed by atoms with Gasteiger partial charge >= 0.3 is 5.97 Å². The van der Waals surface area contributed by atoms with Crippen molar-refractivity contribution in [2.75, 3.05) is 11.6 Å². The van der Waals surface area contributed by atoms with Gasteiger partial charge in [-0.15, -0.1) is 23.1 Å². The fourth-order valence-corrected chi connectivity index (χ4v) is 4.11. The summed E-state index contributed by atoms with van der Waals surface area (Å²) in [6.07, 6.45) is 1.22. The van der Waals surface area contributed by atoms with E-state index in [1.807, 2.05) is 6.92 Å². The number of carboxylic acids is 1. The van der Waals surface area contributed by atoms with Crippen LogP contribution in [0.4, 0.5) is 0 Å². The van der Waals surface area contributed by atoms with E-state index in [1.54, 1.807) is 22.7 Å². The monoisotopic (exact) mass is 342 g/mol. The lowest BCUT2D eigenvalue weighted by Gasteiger charge is -2.22. The molecule has 0 radical (unpaired) electrons. The van der Waals surface area contributed by atoms with Gasteiger partial charge in [-0.25, -0.2) is 4.79 Å². The van der Waals surface area contributed by atoms with Crippen molar-refractivity contribution in [3.8, 4) is 0 Å². The molecule has 0 bridgehead atoms. The zero-order chi connectivity index (χ0) is 16.1. The lowest BCUT2D eigenvalue weighted by atomic mass is 10.2. The molecule has 1 aliphatic heterocycles. The quantitative estimate of drug-likeness (QED) is 0.823. The molecule has 120 valence electrons. The van der Waals surface area contributed by atoms with E-state index in [-0.39, 0.29) is 23.2 Å².